The number of rotatable bonds is 15. The van der Waals surface area contributed by atoms with Gasteiger partial charge in [-0.2, -0.15) is 0 Å². The molecular weight excluding hydrogens is 442 g/mol. The largest absolute Gasteiger partial charge is 0.376 e. The van der Waals surface area contributed by atoms with Crippen LogP contribution in [0.5, 0.6) is 0 Å². The van der Waals surface area contributed by atoms with E-state index >= 15 is 0 Å². The lowest BCUT2D eigenvalue weighted by molar-refractivity contribution is 0.0115. The molecule has 0 fully saturated rings. The number of hydrogen-bond acceptors (Lipinski definition) is 1. The Hall–Kier alpha value is -2.04. The Labute approximate surface area is 210 Å². The van der Waals surface area contributed by atoms with Gasteiger partial charge in [0.2, 0.25) is 0 Å². The molecule has 0 aliphatic heterocycles. The highest BCUT2D eigenvalue weighted by Gasteiger charge is 2.15. The monoisotopic (exact) mass is 485 g/mol. The van der Waals surface area contributed by atoms with E-state index in [1.165, 1.54) is 54.2 Å². The number of halogens is 2. The highest BCUT2D eigenvalue weighted by molar-refractivity contribution is 6.07. The normalized spacial score (nSPS) is 13.9. The molecule has 0 spiro atoms. The minimum absolute atomic E-state index is 0.327. The lowest BCUT2D eigenvalue weighted by Gasteiger charge is -2.15. The van der Waals surface area contributed by atoms with Crippen molar-refractivity contribution in [3.63, 3.8) is 0 Å². The maximum atomic E-state index is 12.8. The van der Waals surface area contributed by atoms with E-state index < -0.39 is 19.0 Å². The number of alkyl halides is 2. The summed E-state index contributed by atoms with van der Waals surface area (Å²) in [5.74, 6) is 0. The van der Waals surface area contributed by atoms with Crippen LogP contribution in [-0.2, 0) is 9.84 Å². The van der Waals surface area contributed by atoms with E-state index in [1.807, 2.05) is 0 Å². The highest BCUT2D eigenvalue weighted by Crippen LogP contribution is 2.24. The molecule has 3 aromatic rings. The summed E-state index contributed by atoms with van der Waals surface area (Å²) in [5.41, 5.74) is 0. The summed E-state index contributed by atoms with van der Waals surface area (Å²) in [6.07, 6.45) is 6.70. The Balaban J connectivity index is 0.000000263. The molecule has 0 aromatic heterocycles. The topological polar surface area (TPSA) is 29.1 Å². The molecule has 3 aromatic carbocycles. The summed E-state index contributed by atoms with van der Waals surface area (Å²) >= 11 is 0. The van der Waals surface area contributed by atoms with Gasteiger partial charge in [0.15, 0.2) is 0 Å². The van der Waals surface area contributed by atoms with Crippen molar-refractivity contribution in [3.8, 4) is 0 Å². The van der Waals surface area contributed by atoms with Crippen LogP contribution in [0.15, 0.2) is 60.7 Å². The second-order valence-corrected chi connectivity index (χ2v) is 9.42. The summed E-state index contributed by atoms with van der Waals surface area (Å²) in [6.45, 7) is 3.63. The predicted octanol–water partition coefficient (Wildman–Crippen LogP) is 9.41. The van der Waals surface area contributed by atoms with Gasteiger partial charge in [-0.1, -0.05) is 113 Å². The Morgan fingerprint density at radius 3 is 1.86 bits per heavy atom. The first-order valence-electron chi connectivity index (χ1n) is 13.4. The van der Waals surface area contributed by atoms with Crippen LogP contribution < -0.4 is 0 Å². The first kappa shape index (κ1) is 29.2. The maximum absolute atomic E-state index is 12.8. The van der Waals surface area contributed by atoms with Crippen LogP contribution in [0, 0.1) is 0 Å². The molecule has 0 amide bonds. The Bertz CT molecular complexity index is 889. The smallest absolute Gasteiger partial charge is 0.127 e. The quantitative estimate of drug-likeness (QED) is 0.156. The molecule has 1 radical (unpaired) electrons. The van der Waals surface area contributed by atoms with E-state index in [4.69, 9.17) is 4.74 Å². The number of fused-ring (bicyclic) bond motifs is 3. The van der Waals surface area contributed by atoms with Gasteiger partial charge in [0, 0.05) is 6.61 Å². The molecule has 0 aliphatic rings. The minimum atomic E-state index is -1.30. The third kappa shape index (κ3) is 11.0. The molecule has 0 heterocycles. The maximum Gasteiger partial charge on any atom is 0.127 e. The van der Waals surface area contributed by atoms with Crippen molar-refractivity contribution in [1.82, 2.24) is 0 Å². The summed E-state index contributed by atoms with van der Waals surface area (Å²) in [5, 5.41) is 16.5. The van der Waals surface area contributed by atoms with Crippen molar-refractivity contribution < 1.29 is 18.6 Å². The Morgan fingerprint density at radius 1 is 0.743 bits per heavy atom. The van der Waals surface area contributed by atoms with Gasteiger partial charge in [-0.05, 0) is 47.7 Å². The molecule has 2 nitrogen and oxygen atoms in total. The highest BCUT2D eigenvalue weighted by atomic mass is 19.1. The van der Waals surface area contributed by atoms with Crippen LogP contribution in [0.3, 0.4) is 0 Å². The molecule has 0 saturated heterocycles. The van der Waals surface area contributed by atoms with E-state index in [1.54, 1.807) is 0 Å². The van der Waals surface area contributed by atoms with Crippen molar-refractivity contribution in [2.24, 2.45) is 0 Å². The lowest BCUT2D eigenvalue weighted by atomic mass is 10.0. The Kier molecular flexibility index (Phi) is 14.5. The third-order valence-corrected chi connectivity index (χ3v) is 6.45. The van der Waals surface area contributed by atoms with Gasteiger partial charge < -0.3 is 4.74 Å². The fraction of sp³-hybridized carbons (Fsp3) is 0.548. The van der Waals surface area contributed by atoms with E-state index in [0.29, 0.717) is 25.9 Å². The number of benzene rings is 3. The van der Waals surface area contributed by atoms with E-state index in [0.717, 1.165) is 19.3 Å². The summed E-state index contributed by atoms with van der Waals surface area (Å²) in [4.78, 5) is 0. The van der Waals surface area contributed by atoms with Gasteiger partial charge in [-0.25, -0.2) is 13.9 Å². The average Bonchev–Trinajstić information content (AvgIpc) is 2.89. The van der Waals surface area contributed by atoms with Crippen molar-refractivity contribution in [3.05, 3.63) is 60.7 Å². The van der Waals surface area contributed by atoms with E-state index in [-0.39, 0.29) is 6.10 Å². The number of ether oxygens (including phenoxy) is 1. The molecule has 193 valence electrons. The second kappa shape index (κ2) is 17.4. The first-order valence-corrected chi connectivity index (χ1v) is 13.4. The molecule has 0 N–H and O–H groups in total. The van der Waals surface area contributed by atoms with Crippen LogP contribution in [0.25, 0.3) is 21.5 Å². The van der Waals surface area contributed by atoms with Crippen molar-refractivity contribution in [2.45, 2.75) is 96.4 Å². The molecule has 4 heteroatoms. The van der Waals surface area contributed by atoms with Gasteiger partial charge in [-0.15, -0.1) is 0 Å². The second-order valence-electron chi connectivity index (χ2n) is 9.42. The number of hydrogen-bond donors (Lipinski definition) is 0. The molecule has 0 aliphatic carbocycles. The van der Waals surface area contributed by atoms with Crippen LogP contribution in [0.4, 0.5) is 8.78 Å². The Morgan fingerprint density at radius 2 is 1.29 bits per heavy atom. The van der Waals surface area contributed by atoms with Gasteiger partial charge >= 0.3 is 0 Å². The van der Waals surface area contributed by atoms with Crippen LogP contribution in [-0.4, -0.2) is 31.7 Å². The van der Waals surface area contributed by atoms with Gasteiger partial charge in [-0.3, -0.25) is 0 Å². The minimum Gasteiger partial charge on any atom is -0.376 e. The van der Waals surface area contributed by atoms with Gasteiger partial charge in [0.05, 0.1) is 6.10 Å². The molecule has 3 unspecified atom stereocenters. The fourth-order valence-corrected chi connectivity index (χ4v) is 4.24. The molecule has 3 atom stereocenters. The molecule has 0 saturated carbocycles. The van der Waals surface area contributed by atoms with Crippen LogP contribution in [0.1, 0.15) is 78.1 Å². The standard InChI is InChI=1S/C17H33F2O2.C14H10/c1-3-4-5-6-7-10-13-21-16(14-18)11-8-9-12-17(20)15(2)19;1-3-7-13-11(5-1)9-10-12-6-2-4-8-14(12)13/h15-17H,3-14H2,1-2H3;1-10H. The average molecular weight is 486 g/mol. The van der Waals surface area contributed by atoms with Crippen molar-refractivity contribution >= 4 is 21.5 Å². The summed E-state index contributed by atoms with van der Waals surface area (Å²) in [7, 11) is 0. The SMILES string of the molecule is CCCCCCCCOC(CF)CCCCC([O])C(C)F.c1ccc2c(c1)ccc1ccccc12. The van der Waals surface area contributed by atoms with Gasteiger partial charge in [0.25, 0.3) is 0 Å². The summed E-state index contributed by atoms with van der Waals surface area (Å²) in [6, 6.07) is 21.4. The lowest BCUT2D eigenvalue weighted by Crippen LogP contribution is -2.18. The van der Waals surface area contributed by atoms with E-state index in [2.05, 4.69) is 67.6 Å². The number of unbranched alkanes of at least 4 members (excludes halogenated alkanes) is 6. The van der Waals surface area contributed by atoms with Crippen LogP contribution in [0.2, 0.25) is 0 Å². The molecule has 35 heavy (non-hydrogen) atoms. The van der Waals surface area contributed by atoms with Gasteiger partial charge in [0.1, 0.15) is 19.0 Å². The zero-order valence-corrected chi connectivity index (χ0v) is 21.6. The van der Waals surface area contributed by atoms with Crippen LogP contribution >= 0.6 is 0 Å². The van der Waals surface area contributed by atoms with Crippen molar-refractivity contribution in [2.75, 3.05) is 13.3 Å². The molecule has 0 bridgehead atoms. The van der Waals surface area contributed by atoms with Crippen molar-refractivity contribution in [1.29, 1.82) is 0 Å². The molecular formula is C31H43F2O2. The van der Waals surface area contributed by atoms with E-state index in [9.17, 15) is 13.9 Å². The predicted molar refractivity (Wildman–Crippen MR) is 144 cm³/mol. The molecule has 3 rings (SSSR count). The third-order valence-electron chi connectivity index (χ3n) is 6.45. The first-order chi connectivity index (χ1) is 17.1. The summed E-state index contributed by atoms with van der Waals surface area (Å²) < 4.78 is 31.0. The zero-order chi connectivity index (χ0) is 25.3. The zero-order valence-electron chi connectivity index (χ0n) is 21.6. The fourth-order valence-electron chi connectivity index (χ4n) is 4.24.